The molecule has 3 heterocycles. The number of aromatic nitrogens is 1. The maximum Gasteiger partial charge on any atom is 0.179 e. The molecule has 0 unspecified atom stereocenters. The van der Waals surface area contributed by atoms with Gasteiger partial charge in [-0.1, -0.05) is 24.3 Å². The molecule has 1 saturated heterocycles. The van der Waals surface area contributed by atoms with Crippen LogP contribution in [0, 0.1) is 17.4 Å². The highest BCUT2D eigenvalue weighted by Gasteiger charge is 2.25. The monoisotopic (exact) mass is 346 g/mol. The lowest BCUT2D eigenvalue weighted by atomic mass is 9.97. The molecule has 132 valence electrons. The molecule has 4 rings (SSSR count). The second-order valence-corrected chi connectivity index (χ2v) is 7.17. The van der Waals surface area contributed by atoms with E-state index >= 15 is 0 Å². The first kappa shape index (κ1) is 16.6. The average Bonchev–Trinajstić information content (AvgIpc) is 3.15. The first-order valence-corrected chi connectivity index (χ1v) is 9.18. The standard InChI is InChI=1S/C21H22N4O/c22-15-24-9-6-16(13-24)11-20(26)18-5-8-23-21(12-18)25-10-7-17-3-1-2-4-19(17)14-25/h1-5,8,12,16H,6-7,9-11,13-14H2/t16-/m0/s1. The number of nitriles is 1. The number of carbonyl (C=O) groups is 1. The van der Waals surface area contributed by atoms with Gasteiger partial charge in [0.25, 0.3) is 0 Å². The van der Waals surface area contributed by atoms with Gasteiger partial charge in [0.15, 0.2) is 12.0 Å². The van der Waals surface area contributed by atoms with Gasteiger partial charge in [-0.15, -0.1) is 0 Å². The number of nitrogens with zero attached hydrogens (tertiary/aromatic N) is 4. The van der Waals surface area contributed by atoms with Crippen LogP contribution >= 0.6 is 0 Å². The summed E-state index contributed by atoms with van der Waals surface area (Å²) in [5.41, 5.74) is 3.46. The zero-order chi connectivity index (χ0) is 17.9. The largest absolute Gasteiger partial charge is 0.352 e. The Morgan fingerprint density at radius 3 is 2.88 bits per heavy atom. The molecule has 5 heteroatoms. The molecule has 0 bridgehead atoms. The van der Waals surface area contributed by atoms with E-state index in [1.54, 1.807) is 17.2 Å². The summed E-state index contributed by atoms with van der Waals surface area (Å²) >= 11 is 0. The molecule has 2 aromatic rings. The van der Waals surface area contributed by atoms with Crippen molar-refractivity contribution in [2.24, 2.45) is 5.92 Å². The molecular formula is C21H22N4O. The van der Waals surface area contributed by atoms with Gasteiger partial charge in [-0.2, -0.15) is 5.26 Å². The van der Waals surface area contributed by atoms with Crippen molar-refractivity contribution < 1.29 is 4.79 Å². The van der Waals surface area contributed by atoms with Gasteiger partial charge in [0.05, 0.1) is 0 Å². The molecule has 1 atom stereocenters. The van der Waals surface area contributed by atoms with E-state index in [1.807, 2.05) is 6.07 Å². The third-order valence-electron chi connectivity index (χ3n) is 5.42. The van der Waals surface area contributed by atoms with E-state index in [9.17, 15) is 4.79 Å². The van der Waals surface area contributed by atoms with Gasteiger partial charge in [-0.05, 0) is 42.0 Å². The Balaban J connectivity index is 1.45. The summed E-state index contributed by atoms with van der Waals surface area (Å²) in [7, 11) is 0. The number of Topliss-reactive ketones (excluding diaryl/α,β-unsaturated/α-hetero) is 1. The van der Waals surface area contributed by atoms with Crippen LogP contribution in [0.25, 0.3) is 0 Å². The predicted octanol–water partition coefficient (Wildman–Crippen LogP) is 3.02. The number of ketones is 1. The number of hydrogen-bond donors (Lipinski definition) is 0. The smallest absolute Gasteiger partial charge is 0.179 e. The lowest BCUT2D eigenvalue weighted by molar-refractivity contribution is 0.0963. The van der Waals surface area contributed by atoms with Gasteiger partial charge in [0.2, 0.25) is 0 Å². The molecule has 0 N–H and O–H groups in total. The molecule has 26 heavy (non-hydrogen) atoms. The zero-order valence-electron chi connectivity index (χ0n) is 14.8. The zero-order valence-corrected chi connectivity index (χ0v) is 14.8. The Bertz CT molecular complexity index is 857. The molecular weight excluding hydrogens is 324 g/mol. The summed E-state index contributed by atoms with van der Waals surface area (Å²) in [6, 6.07) is 12.2. The second kappa shape index (κ2) is 7.17. The van der Waals surface area contributed by atoms with Gasteiger partial charge in [0.1, 0.15) is 5.82 Å². The first-order chi connectivity index (χ1) is 12.7. The number of pyridine rings is 1. The summed E-state index contributed by atoms with van der Waals surface area (Å²) in [5, 5.41) is 8.96. The normalized spacial score (nSPS) is 19.1. The Morgan fingerprint density at radius 2 is 2.08 bits per heavy atom. The number of benzene rings is 1. The molecule has 1 fully saturated rings. The van der Waals surface area contributed by atoms with Crippen molar-refractivity contribution in [3.8, 4) is 6.19 Å². The Labute approximate surface area is 153 Å². The van der Waals surface area contributed by atoms with Crippen LogP contribution in [0.4, 0.5) is 5.82 Å². The van der Waals surface area contributed by atoms with Gasteiger partial charge >= 0.3 is 0 Å². The van der Waals surface area contributed by atoms with Crippen molar-refractivity contribution in [1.29, 1.82) is 5.26 Å². The van der Waals surface area contributed by atoms with Crippen LogP contribution in [0.15, 0.2) is 42.6 Å². The number of carbonyl (C=O) groups excluding carboxylic acids is 1. The summed E-state index contributed by atoms with van der Waals surface area (Å²) < 4.78 is 0. The first-order valence-electron chi connectivity index (χ1n) is 9.18. The minimum absolute atomic E-state index is 0.149. The van der Waals surface area contributed by atoms with Crippen LogP contribution in [0.2, 0.25) is 0 Å². The summed E-state index contributed by atoms with van der Waals surface area (Å²) in [5.74, 6) is 1.30. The predicted molar refractivity (Wildman–Crippen MR) is 99.7 cm³/mol. The van der Waals surface area contributed by atoms with E-state index in [-0.39, 0.29) is 11.7 Å². The van der Waals surface area contributed by atoms with E-state index in [1.165, 1.54) is 11.1 Å². The minimum Gasteiger partial charge on any atom is -0.352 e. The van der Waals surface area contributed by atoms with Gasteiger partial charge < -0.3 is 9.80 Å². The highest BCUT2D eigenvalue weighted by Crippen LogP contribution is 2.25. The molecule has 0 amide bonds. The molecule has 0 saturated carbocycles. The van der Waals surface area contributed by atoms with Gasteiger partial charge in [-0.25, -0.2) is 4.98 Å². The lowest BCUT2D eigenvalue weighted by Crippen LogP contribution is -2.31. The fourth-order valence-corrected chi connectivity index (χ4v) is 3.93. The maximum atomic E-state index is 12.7. The fourth-order valence-electron chi connectivity index (χ4n) is 3.93. The second-order valence-electron chi connectivity index (χ2n) is 7.17. The van der Waals surface area contributed by atoms with Crippen molar-refractivity contribution in [2.75, 3.05) is 24.5 Å². The summed E-state index contributed by atoms with van der Waals surface area (Å²) in [4.78, 5) is 21.2. The van der Waals surface area contributed by atoms with Crippen LogP contribution in [0.3, 0.4) is 0 Å². The highest BCUT2D eigenvalue weighted by atomic mass is 16.1. The topological polar surface area (TPSA) is 60.2 Å². The van der Waals surface area contributed by atoms with Crippen LogP contribution in [-0.2, 0) is 13.0 Å². The molecule has 1 aromatic carbocycles. The van der Waals surface area contributed by atoms with Crippen molar-refractivity contribution >= 4 is 11.6 Å². The molecule has 0 aliphatic carbocycles. The number of rotatable bonds is 4. The van der Waals surface area contributed by atoms with E-state index in [2.05, 4.69) is 40.3 Å². The van der Waals surface area contributed by atoms with E-state index in [4.69, 9.17) is 5.26 Å². The van der Waals surface area contributed by atoms with E-state index in [0.717, 1.165) is 43.9 Å². The molecule has 0 radical (unpaired) electrons. The minimum atomic E-state index is 0.149. The molecule has 2 aliphatic heterocycles. The molecule has 1 aromatic heterocycles. The third-order valence-corrected chi connectivity index (χ3v) is 5.42. The van der Waals surface area contributed by atoms with Crippen LogP contribution in [0.1, 0.15) is 34.3 Å². The summed E-state index contributed by atoms with van der Waals surface area (Å²) in [6.45, 7) is 3.22. The molecule has 0 spiro atoms. The van der Waals surface area contributed by atoms with E-state index in [0.29, 0.717) is 13.0 Å². The fraction of sp³-hybridized carbons (Fsp3) is 0.381. The van der Waals surface area contributed by atoms with E-state index < -0.39 is 0 Å². The van der Waals surface area contributed by atoms with Crippen molar-refractivity contribution in [1.82, 2.24) is 9.88 Å². The summed E-state index contributed by atoms with van der Waals surface area (Å²) in [6.07, 6.45) is 6.33. The van der Waals surface area contributed by atoms with Crippen molar-refractivity contribution in [3.63, 3.8) is 0 Å². The van der Waals surface area contributed by atoms with Crippen LogP contribution in [0.5, 0.6) is 0 Å². The van der Waals surface area contributed by atoms with Crippen LogP contribution < -0.4 is 4.90 Å². The average molecular weight is 346 g/mol. The van der Waals surface area contributed by atoms with Crippen molar-refractivity contribution in [3.05, 3.63) is 59.3 Å². The Kier molecular flexibility index (Phi) is 4.57. The quantitative estimate of drug-likeness (QED) is 0.629. The maximum absolute atomic E-state index is 12.7. The Morgan fingerprint density at radius 1 is 1.23 bits per heavy atom. The number of anilines is 1. The van der Waals surface area contributed by atoms with Crippen molar-refractivity contribution in [2.45, 2.75) is 25.8 Å². The lowest BCUT2D eigenvalue weighted by Gasteiger charge is -2.30. The number of fused-ring (bicyclic) bond motifs is 1. The SMILES string of the molecule is N#CN1CC[C@@H](CC(=O)c2ccnc(N3CCc4ccccc4C3)c2)C1. The number of hydrogen-bond acceptors (Lipinski definition) is 5. The van der Waals surface area contributed by atoms with Gasteiger partial charge in [-0.3, -0.25) is 4.79 Å². The highest BCUT2D eigenvalue weighted by molar-refractivity contribution is 5.96. The Hall–Kier alpha value is -2.87. The number of likely N-dealkylation sites (tertiary alicyclic amines) is 1. The molecule has 5 nitrogen and oxygen atoms in total. The van der Waals surface area contributed by atoms with Crippen LogP contribution in [-0.4, -0.2) is 35.3 Å². The third kappa shape index (κ3) is 3.41. The van der Waals surface area contributed by atoms with Gasteiger partial charge in [0, 0.05) is 44.4 Å². The molecule has 2 aliphatic rings.